The van der Waals surface area contributed by atoms with Gasteiger partial charge in [0, 0.05) is 13.1 Å². The van der Waals surface area contributed by atoms with Gasteiger partial charge in [-0.05, 0) is 48.1 Å². The molecule has 0 heterocycles. The Hall–Kier alpha value is -3.93. The third kappa shape index (κ3) is 7.30. The van der Waals surface area contributed by atoms with Crippen LogP contribution in [0.2, 0.25) is 0 Å². The largest absolute Gasteiger partial charge is 0.478 e. The molecule has 0 bridgehead atoms. The monoisotopic (exact) mass is 459 g/mol. The fraction of sp³-hybridized carbons (Fsp3) is 0.250. The molecular weight excluding hydrogens is 430 g/mol. The average Bonchev–Trinajstić information content (AvgIpc) is 2.84. The minimum absolute atomic E-state index is 0.0109. The third-order valence-corrected chi connectivity index (χ3v) is 5.71. The molecule has 1 amide bonds. The van der Waals surface area contributed by atoms with E-state index in [0.29, 0.717) is 18.7 Å². The summed E-state index contributed by atoms with van der Waals surface area (Å²) in [6, 6.07) is 24.1. The summed E-state index contributed by atoms with van der Waals surface area (Å²) < 4.78 is 0. The van der Waals surface area contributed by atoms with Gasteiger partial charge >= 0.3 is 11.9 Å². The van der Waals surface area contributed by atoms with Crippen LogP contribution in [0.3, 0.4) is 0 Å². The summed E-state index contributed by atoms with van der Waals surface area (Å²) in [6.45, 7) is 1.07. The van der Waals surface area contributed by atoms with Gasteiger partial charge in [0.05, 0.1) is 17.5 Å². The van der Waals surface area contributed by atoms with Crippen LogP contribution >= 0.6 is 0 Å². The van der Waals surface area contributed by atoms with E-state index in [1.807, 2.05) is 48.5 Å². The predicted molar refractivity (Wildman–Crippen MR) is 130 cm³/mol. The Morgan fingerprint density at radius 2 is 1.26 bits per heavy atom. The zero-order valence-electron chi connectivity index (χ0n) is 19.0. The van der Waals surface area contributed by atoms with Gasteiger partial charge in [-0.15, -0.1) is 0 Å². The number of hydrogen-bond donors (Lipinski definition) is 2. The van der Waals surface area contributed by atoms with E-state index in [2.05, 4.69) is 12.1 Å². The number of aryl methyl sites for hydroxylation is 1. The maximum atomic E-state index is 13.2. The predicted octanol–water partition coefficient (Wildman–Crippen LogP) is 5.07. The molecule has 3 aromatic carbocycles. The van der Waals surface area contributed by atoms with Crippen molar-refractivity contribution in [2.45, 2.75) is 38.6 Å². The van der Waals surface area contributed by atoms with Gasteiger partial charge in [0.25, 0.3) is 0 Å². The molecule has 0 fully saturated rings. The molecule has 6 nitrogen and oxygen atoms in total. The lowest BCUT2D eigenvalue weighted by Gasteiger charge is -2.23. The number of aromatic carboxylic acids is 2. The van der Waals surface area contributed by atoms with Crippen LogP contribution < -0.4 is 0 Å². The highest BCUT2D eigenvalue weighted by Gasteiger charge is 2.19. The molecule has 6 heteroatoms. The Labute approximate surface area is 199 Å². The van der Waals surface area contributed by atoms with E-state index in [1.54, 1.807) is 4.90 Å². The average molecular weight is 460 g/mol. The van der Waals surface area contributed by atoms with E-state index >= 15 is 0 Å². The summed E-state index contributed by atoms with van der Waals surface area (Å²) in [6.07, 6.45) is 3.90. The summed E-state index contributed by atoms with van der Waals surface area (Å²) in [5.74, 6) is -2.76. The molecule has 0 radical (unpaired) electrons. The number of nitrogens with zero attached hydrogens (tertiary/aromatic N) is 1. The topological polar surface area (TPSA) is 94.9 Å². The highest BCUT2D eigenvalue weighted by atomic mass is 16.4. The molecule has 0 aliphatic carbocycles. The molecule has 0 saturated carbocycles. The lowest BCUT2D eigenvalue weighted by Crippen LogP contribution is -2.33. The first-order valence-electron chi connectivity index (χ1n) is 11.4. The van der Waals surface area contributed by atoms with Gasteiger partial charge in [0.2, 0.25) is 5.91 Å². The first-order valence-corrected chi connectivity index (χ1v) is 11.4. The number of carboxylic acids is 2. The number of benzene rings is 3. The third-order valence-electron chi connectivity index (χ3n) is 5.71. The molecule has 34 heavy (non-hydrogen) atoms. The van der Waals surface area contributed by atoms with E-state index in [1.165, 1.54) is 23.8 Å². The van der Waals surface area contributed by atoms with Crippen molar-refractivity contribution < 1.29 is 24.6 Å². The van der Waals surface area contributed by atoms with Crippen molar-refractivity contribution in [2.24, 2.45) is 0 Å². The van der Waals surface area contributed by atoms with Gasteiger partial charge in [-0.25, -0.2) is 9.59 Å². The quantitative estimate of drug-likeness (QED) is 0.369. The highest BCUT2D eigenvalue weighted by Crippen LogP contribution is 2.16. The second kappa shape index (κ2) is 12.3. The van der Waals surface area contributed by atoms with Gasteiger partial charge < -0.3 is 15.1 Å². The molecule has 3 aromatic rings. The molecule has 0 spiro atoms. The number of rotatable bonds is 12. The van der Waals surface area contributed by atoms with E-state index < -0.39 is 11.9 Å². The molecule has 3 rings (SSSR count). The van der Waals surface area contributed by atoms with Crippen molar-refractivity contribution in [1.82, 2.24) is 4.90 Å². The summed E-state index contributed by atoms with van der Waals surface area (Å²) in [7, 11) is 0. The van der Waals surface area contributed by atoms with Crippen LogP contribution in [0.15, 0.2) is 78.9 Å². The number of carboxylic acid groups (broad SMARTS) is 2. The Balaban J connectivity index is 1.65. The van der Waals surface area contributed by atoms with Gasteiger partial charge in [-0.3, -0.25) is 4.79 Å². The second-order valence-electron chi connectivity index (χ2n) is 8.26. The van der Waals surface area contributed by atoms with Crippen molar-refractivity contribution in [1.29, 1.82) is 0 Å². The Bertz CT molecular complexity index is 1110. The molecule has 0 atom stereocenters. The molecule has 0 unspecified atom stereocenters. The number of carbonyl (C=O) groups excluding carboxylic acids is 1. The molecular formula is C28H29NO5. The molecule has 0 aromatic heterocycles. The normalized spacial score (nSPS) is 10.6. The number of unbranched alkanes of at least 4 members (excludes halogenated alkanes) is 2. The van der Waals surface area contributed by atoms with Crippen LogP contribution in [-0.2, 0) is 24.2 Å². The van der Waals surface area contributed by atoms with Crippen molar-refractivity contribution in [3.05, 3.63) is 107 Å². The lowest BCUT2D eigenvalue weighted by molar-refractivity contribution is -0.131. The minimum atomic E-state index is -1.33. The number of hydrogen-bond acceptors (Lipinski definition) is 3. The van der Waals surface area contributed by atoms with E-state index in [4.69, 9.17) is 0 Å². The minimum Gasteiger partial charge on any atom is -0.478 e. The second-order valence-corrected chi connectivity index (χ2v) is 8.26. The fourth-order valence-electron chi connectivity index (χ4n) is 3.90. The van der Waals surface area contributed by atoms with Crippen molar-refractivity contribution >= 4 is 17.8 Å². The summed E-state index contributed by atoms with van der Waals surface area (Å²) in [4.78, 5) is 37.7. The first kappa shape index (κ1) is 24.7. The maximum Gasteiger partial charge on any atom is 0.336 e. The van der Waals surface area contributed by atoms with Gasteiger partial charge in [-0.2, -0.15) is 0 Å². The number of carbonyl (C=O) groups is 3. The Morgan fingerprint density at radius 1 is 0.647 bits per heavy atom. The summed E-state index contributed by atoms with van der Waals surface area (Å²) >= 11 is 0. The van der Waals surface area contributed by atoms with Crippen LogP contribution in [-0.4, -0.2) is 39.5 Å². The lowest BCUT2D eigenvalue weighted by atomic mass is 10.0. The molecule has 0 aliphatic heterocycles. The van der Waals surface area contributed by atoms with Gasteiger partial charge in [-0.1, -0.05) is 73.2 Å². The Kier molecular flexibility index (Phi) is 8.97. The molecule has 176 valence electrons. The van der Waals surface area contributed by atoms with E-state index in [-0.39, 0.29) is 23.5 Å². The molecule has 2 N–H and O–H groups in total. The Morgan fingerprint density at radius 3 is 1.88 bits per heavy atom. The van der Waals surface area contributed by atoms with Gasteiger partial charge in [0.15, 0.2) is 0 Å². The smallest absolute Gasteiger partial charge is 0.336 e. The standard InChI is InChI=1S/C28H29NO5/c30-26(19-23-15-16-24(27(31)32)25(18-23)28(33)34)29(20-22-13-6-2-7-14-22)17-9-3-8-12-21-10-4-1-5-11-21/h1-2,4-7,10-11,13-16,18H,3,8-9,12,17,19-20H2,(H,31,32)(H,33,34). The summed E-state index contributed by atoms with van der Waals surface area (Å²) in [5, 5.41) is 18.6. The summed E-state index contributed by atoms with van der Waals surface area (Å²) in [5.41, 5.74) is 2.21. The van der Waals surface area contributed by atoms with E-state index in [9.17, 15) is 24.6 Å². The van der Waals surface area contributed by atoms with E-state index in [0.717, 1.165) is 31.2 Å². The van der Waals surface area contributed by atoms with Crippen LogP contribution in [0.25, 0.3) is 0 Å². The first-order chi connectivity index (χ1) is 16.4. The fourth-order valence-corrected chi connectivity index (χ4v) is 3.90. The van der Waals surface area contributed by atoms with Crippen molar-refractivity contribution in [2.75, 3.05) is 6.54 Å². The van der Waals surface area contributed by atoms with Crippen LogP contribution in [0.1, 0.15) is 56.7 Å². The van der Waals surface area contributed by atoms with Crippen molar-refractivity contribution in [3.8, 4) is 0 Å². The molecule has 0 saturated heterocycles. The van der Waals surface area contributed by atoms with Gasteiger partial charge in [0.1, 0.15) is 0 Å². The zero-order chi connectivity index (χ0) is 24.3. The number of amides is 1. The van der Waals surface area contributed by atoms with Crippen LogP contribution in [0, 0.1) is 0 Å². The van der Waals surface area contributed by atoms with Crippen molar-refractivity contribution in [3.63, 3.8) is 0 Å². The SMILES string of the molecule is O=C(O)c1ccc(CC(=O)N(CCCCCc2ccccc2)Cc2ccccc2)cc1C(=O)O. The van der Waals surface area contributed by atoms with Crippen LogP contribution in [0.4, 0.5) is 0 Å². The zero-order valence-corrected chi connectivity index (χ0v) is 19.0. The maximum absolute atomic E-state index is 13.2. The molecule has 0 aliphatic rings. The highest BCUT2D eigenvalue weighted by molar-refractivity contribution is 6.02. The van der Waals surface area contributed by atoms with Crippen LogP contribution in [0.5, 0.6) is 0 Å².